The molecule has 21 heavy (non-hydrogen) atoms. The molecule has 0 saturated heterocycles. The summed E-state index contributed by atoms with van der Waals surface area (Å²) in [6, 6.07) is 9.92. The van der Waals surface area contributed by atoms with Gasteiger partial charge in [-0.15, -0.1) is 0 Å². The van der Waals surface area contributed by atoms with Crippen LogP contribution in [0.2, 0.25) is 0 Å². The van der Waals surface area contributed by atoms with Crippen molar-refractivity contribution in [3.63, 3.8) is 0 Å². The third-order valence-electron chi connectivity index (χ3n) is 3.51. The summed E-state index contributed by atoms with van der Waals surface area (Å²) in [6.45, 7) is 4.96. The van der Waals surface area contributed by atoms with E-state index in [2.05, 4.69) is 23.3 Å². The van der Waals surface area contributed by atoms with E-state index in [9.17, 15) is 0 Å². The third-order valence-corrected chi connectivity index (χ3v) is 3.51. The van der Waals surface area contributed by atoms with Crippen molar-refractivity contribution in [1.29, 1.82) is 0 Å². The lowest BCUT2D eigenvalue weighted by atomic mass is 9.96. The molecule has 2 rings (SSSR count). The number of rotatable bonds is 6. The van der Waals surface area contributed by atoms with Gasteiger partial charge in [-0.2, -0.15) is 0 Å². The molecule has 4 heteroatoms. The summed E-state index contributed by atoms with van der Waals surface area (Å²) in [6.07, 6.45) is 1.81. The number of ether oxygens (including phenoxy) is 2. The Morgan fingerprint density at radius 1 is 1.14 bits per heavy atom. The molecule has 1 aromatic carbocycles. The molecule has 0 fully saturated rings. The second-order valence-electron chi connectivity index (χ2n) is 4.78. The SMILES string of the molecule is CCNC(c1cc(OC)ccc1OC)c1cccnc1C. The van der Waals surface area contributed by atoms with E-state index in [1.807, 2.05) is 37.4 Å². The van der Waals surface area contributed by atoms with Gasteiger partial charge < -0.3 is 14.8 Å². The van der Waals surface area contributed by atoms with Crippen molar-refractivity contribution in [3.05, 3.63) is 53.3 Å². The molecule has 0 aliphatic carbocycles. The van der Waals surface area contributed by atoms with Crippen molar-refractivity contribution in [2.24, 2.45) is 0 Å². The van der Waals surface area contributed by atoms with Crippen LogP contribution in [-0.4, -0.2) is 25.7 Å². The zero-order chi connectivity index (χ0) is 15.2. The molecule has 0 radical (unpaired) electrons. The van der Waals surface area contributed by atoms with Gasteiger partial charge in [0.25, 0.3) is 0 Å². The summed E-state index contributed by atoms with van der Waals surface area (Å²) < 4.78 is 10.9. The van der Waals surface area contributed by atoms with E-state index in [-0.39, 0.29) is 6.04 Å². The molecule has 4 nitrogen and oxygen atoms in total. The van der Waals surface area contributed by atoms with Crippen LogP contribution < -0.4 is 14.8 Å². The van der Waals surface area contributed by atoms with Crippen LogP contribution in [0.5, 0.6) is 11.5 Å². The van der Waals surface area contributed by atoms with Gasteiger partial charge in [-0.1, -0.05) is 13.0 Å². The fourth-order valence-corrected chi connectivity index (χ4v) is 2.46. The molecule has 112 valence electrons. The first kappa shape index (κ1) is 15.3. The maximum Gasteiger partial charge on any atom is 0.124 e. The molecule has 1 atom stereocenters. The highest BCUT2D eigenvalue weighted by atomic mass is 16.5. The average molecular weight is 286 g/mol. The predicted octanol–water partition coefficient (Wildman–Crippen LogP) is 3.11. The van der Waals surface area contributed by atoms with Gasteiger partial charge in [0.2, 0.25) is 0 Å². The van der Waals surface area contributed by atoms with Crippen LogP contribution in [-0.2, 0) is 0 Å². The lowest BCUT2D eigenvalue weighted by Crippen LogP contribution is -2.23. The van der Waals surface area contributed by atoms with Crippen LogP contribution in [0.3, 0.4) is 0 Å². The molecule has 1 heterocycles. The second kappa shape index (κ2) is 7.09. The van der Waals surface area contributed by atoms with Gasteiger partial charge in [-0.05, 0) is 43.3 Å². The van der Waals surface area contributed by atoms with Crippen molar-refractivity contribution in [2.75, 3.05) is 20.8 Å². The Morgan fingerprint density at radius 3 is 2.57 bits per heavy atom. The largest absolute Gasteiger partial charge is 0.497 e. The minimum absolute atomic E-state index is 0.0220. The number of pyridine rings is 1. The van der Waals surface area contributed by atoms with Gasteiger partial charge in [0.15, 0.2) is 0 Å². The zero-order valence-corrected chi connectivity index (χ0v) is 13.0. The van der Waals surface area contributed by atoms with Crippen LogP contribution >= 0.6 is 0 Å². The number of hydrogen-bond acceptors (Lipinski definition) is 4. The number of benzene rings is 1. The number of hydrogen-bond donors (Lipinski definition) is 1. The lowest BCUT2D eigenvalue weighted by molar-refractivity contribution is 0.394. The normalized spacial score (nSPS) is 12.0. The van der Waals surface area contributed by atoms with Gasteiger partial charge in [-0.3, -0.25) is 4.98 Å². The van der Waals surface area contributed by atoms with E-state index >= 15 is 0 Å². The Kier molecular flexibility index (Phi) is 5.17. The van der Waals surface area contributed by atoms with Crippen molar-refractivity contribution < 1.29 is 9.47 Å². The molecule has 2 aromatic rings. The van der Waals surface area contributed by atoms with Gasteiger partial charge in [0.1, 0.15) is 11.5 Å². The fraction of sp³-hybridized carbons (Fsp3) is 0.353. The minimum Gasteiger partial charge on any atom is -0.497 e. The molecule has 0 saturated carbocycles. The summed E-state index contributed by atoms with van der Waals surface area (Å²) in [5, 5.41) is 3.51. The molecular weight excluding hydrogens is 264 g/mol. The van der Waals surface area contributed by atoms with Crippen LogP contribution in [0.25, 0.3) is 0 Å². The Labute approximate surface area is 126 Å². The Morgan fingerprint density at radius 2 is 1.95 bits per heavy atom. The molecule has 1 aromatic heterocycles. The van der Waals surface area contributed by atoms with E-state index in [0.29, 0.717) is 0 Å². The van der Waals surface area contributed by atoms with Gasteiger partial charge in [0.05, 0.1) is 20.3 Å². The quantitative estimate of drug-likeness (QED) is 0.886. The summed E-state index contributed by atoms with van der Waals surface area (Å²) in [4.78, 5) is 4.39. The predicted molar refractivity (Wildman–Crippen MR) is 84.0 cm³/mol. The topological polar surface area (TPSA) is 43.4 Å². The van der Waals surface area contributed by atoms with E-state index in [4.69, 9.17) is 9.47 Å². The number of nitrogens with one attached hydrogen (secondary N) is 1. The van der Waals surface area contributed by atoms with Crippen molar-refractivity contribution in [1.82, 2.24) is 10.3 Å². The average Bonchev–Trinajstić information content (AvgIpc) is 2.53. The molecule has 0 bridgehead atoms. The van der Waals surface area contributed by atoms with Crippen LogP contribution in [0.15, 0.2) is 36.5 Å². The standard InChI is InChI=1S/C17H22N2O2/c1-5-18-17(14-7-6-10-19-12(14)2)15-11-13(20-3)8-9-16(15)21-4/h6-11,17-18H,5H2,1-4H3. The minimum atomic E-state index is 0.0220. The van der Waals surface area contributed by atoms with E-state index in [1.165, 1.54) is 0 Å². The highest BCUT2D eigenvalue weighted by Gasteiger charge is 2.20. The van der Waals surface area contributed by atoms with Gasteiger partial charge >= 0.3 is 0 Å². The molecule has 1 unspecified atom stereocenters. The third kappa shape index (κ3) is 3.34. The first-order valence-corrected chi connectivity index (χ1v) is 7.08. The van der Waals surface area contributed by atoms with Crippen molar-refractivity contribution >= 4 is 0 Å². The molecule has 0 amide bonds. The van der Waals surface area contributed by atoms with E-state index < -0.39 is 0 Å². The van der Waals surface area contributed by atoms with Crippen LogP contribution in [0, 0.1) is 6.92 Å². The zero-order valence-electron chi connectivity index (χ0n) is 13.0. The summed E-state index contributed by atoms with van der Waals surface area (Å²) >= 11 is 0. The molecule has 0 aliphatic rings. The maximum absolute atomic E-state index is 5.52. The summed E-state index contributed by atoms with van der Waals surface area (Å²) in [7, 11) is 3.35. The number of aryl methyl sites for hydroxylation is 1. The summed E-state index contributed by atoms with van der Waals surface area (Å²) in [5.74, 6) is 1.65. The Balaban J connectivity index is 2.54. The van der Waals surface area contributed by atoms with Gasteiger partial charge in [-0.25, -0.2) is 0 Å². The maximum atomic E-state index is 5.52. The highest BCUT2D eigenvalue weighted by molar-refractivity contribution is 5.46. The molecular formula is C17H22N2O2. The van der Waals surface area contributed by atoms with Crippen LogP contribution in [0.4, 0.5) is 0 Å². The van der Waals surface area contributed by atoms with E-state index in [0.717, 1.165) is 34.9 Å². The first-order valence-electron chi connectivity index (χ1n) is 7.08. The number of aromatic nitrogens is 1. The molecule has 0 spiro atoms. The monoisotopic (exact) mass is 286 g/mol. The molecule has 0 aliphatic heterocycles. The highest BCUT2D eigenvalue weighted by Crippen LogP contribution is 2.33. The number of methoxy groups -OCH3 is 2. The lowest BCUT2D eigenvalue weighted by Gasteiger charge is -2.23. The van der Waals surface area contributed by atoms with Crippen molar-refractivity contribution in [3.8, 4) is 11.5 Å². The Hall–Kier alpha value is -2.07. The van der Waals surface area contributed by atoms with E-state index in [1.54, 1.807) is 14.2 Å². The Bertz CT molecular complexity index is 599. The number of nitrogens with zero attached hydrogens (tertiary/aromatic N) is 1. The smallest absolute Gasteiger partial charge is 0.124 e. The molecule has 1 N–H and O–H groups in total. The van der Waals surface area contributed by atoms with Crippen LogP contribution in [0.1, 0.15) is 29.8 Å². The van der Waals surface area contributed by atoms with Gasteiger partial charge in [0, 0.05) is 17.5 Å². The fourth-order valence-electron chi connectivity index (χ4n) is 2.46. The van der Waals surface area contributed by atoms with Crippen molar-refractivity contribution in [2.45, 2.75) is 19.9 Å². The second-order valence-corrected chi connectivity index (χ2v) is 4.78. The summed E-state index contributed by atoms with van der Waals surface area (Å²) in [5.41, 5.74) is 3.20. The first-order chi connectivity index (χ1) is 10.2.